The summed E-state index contributed by atoms with van der Waals surface area (Å²) in [5.41, 5.74) is 0.728. The minimum Gasteiger partial charge on any atom is -0.352 e. The fraction of sp³-hybridized carbons (Fsp3) is 0.300. The molecular weight excluding hydrogens is 173 g/mol. The van der Waals surface area contributed by atoms with Crippen LogP contribution in [0.3, 0.4) is 0 Å². The molecule has 0 atom stereocenters. The van der Waals surface area contributed by atoms with Crippen LogP contribution in [0.4, 0.5) is 0 Å². The zero-order valence-electron chi connectivity index (χ0n) is 8.21. The van der Waals surface area contributed by atoms with Crippen molar-refractivity contribution in [2.45, 2.75) is 13.3 Å². The first-order chi connectivity index (χ1) is 5.84. The molecule has 0 aliphatic rings. The Morgan fingerprint density at radius 1 is 1.31 bits per heavy atom. The molecule has 1 amide bonds. The number of carbonyl (C=O) groups excluding carboxylic acids is 1. The van der Waals surface area contributed by atoms with Gasteiger partial charge in [0.05, 0.1) is 0 Å². The SMILES string of the molecule is CCCNC(=O)c1ccccc1.[Na]. The fourth-order valence-electron chi connectivity index (χ4n) is 0.930. The van der Waals surface area contributed by atoms with E-state index in [4.69, 9.17) is 0 Å². The second-order valence-electron chi connectivity index (χ2n) is 2.62. The molecule has 2 nitrogen and oxygen atoms in total. The van der Waals surface area contributed by atoms with Gasteiger partial charge in [-0.15, -0.1) is 0 Å². The first kappa shape index (κ1) is 12.7. The van der Waals surface area contributed by atoms with Crippen LogP contribution in [0.15, 0.2) is 30.3 Å². The van der Waals surface area contributed by atoms with Gasteiger partial charge in [-0.25, -0.2) is 0 Å². The topological polar surface area (TPSA) is 29.1 Å². The maximum atomic E-state index is 11.3. The van der Waals surface area contributed by atoms with Crippen molar-refractivity contribution in [2.24, 2.45) is 0 Å². The molecular formula is C10H13NNaO. The van der Waals surface area contributed by atoms with E-state index in [0.717, 1.165) is 18.5 Å². The van der Waals surface area contributed by atoms with Gasteiger partial charge in [-0.05, 0) is 18.6 Å². The molecule has 1 radical (unpaired) electrons. The largest absolute Gasteiger partial charge is 0.352 e. The van der Waals surface area contributed by atoms with Crippen molar-refractivity contribution in [2.75, 3.05) is 6.54 Å². The van der Waals surface area contributed by atoms with E-state index < -0.39 is 0 Å². The van der Waals surface area contributed by atoms with Crippen LogP contribution < -0.4 is 5.32 Å². The Morgan fingerprint density at radius 2 is 1.92 bits per heavy atom. The number of amides is 1. The molecule has 1 aromatic carbocycles. The van der Waals surface area contributed by atoms with Gasteiger partial charge in [-0.1, -0.05) is 25.1 Å². The molecule has 1 aromatic rings. The summed E-state index contributed by atoms with van der Waals surface area (Å²) in [6, 6.07) is 9.24. The molecule has 0 aliphatic carbocycles. The van der Waals surface area contributed by atoms with Crippen LogP contribution in [0.5, 0.6) is 0 Å². The number of benzene rings is 1. The molecule has 0 saturated carbocycles. The first-order valence-electron chi connectivity index (χ1n) is 4.18. The molecule has 0 unspecified atom stereocenters. The summed E-state index contributed by atoms with van der Waals surface area (Å²) in [7, 11) is 0. The van der Waals surface area contributed by atoms with Crippen LogP contribution in [0.2, 0.25) is 0 Å². The molecule has 3 heteroatoms. The molecule has 0 spiro atoms. The first-order valence-corrected chi connectivity index (χ1v) is 4.18. The Morgan fingerprint density at radius 3 is 2.46 bits per heavy atom. The van der Waals surface area contributed by atoms with E-state index >= 15 is 0 Å². The van der Waals surface area contributed by atoms with E-state index in [1.54, 1.807) is 0 Å². The summed E-state index contributed by atoms with van der Waals surface area (Å²) in [5, 5.41) is 2.81. The number of nitrogens with one attached hydrogen (secondary N) is 1. The van der Waals surface area contributed by atoms with E-state index in [9.17, 15) is 4.79 Å². The molecule has 0 fully saturated rings. The van der Waals surface area contributed by atoms with E-state index in [2.05, 4.69) is 5.32 Å². The van der Waals surface area contributed by atoms with Crippen molar-refractivity contribution in [1.29, 1.82) is 0 Å². The third-order valence-electron chi connectivity index (χ3n) is 1.57. The van der Waals surface area contributed by atoms with Gasteiger partial charge in [0.1, 0.15) is 0 Å². The van der Waals surface area contributed by atoms with Gasteiger partial charge >= 0.3 is 0 Å². The summed E-state index contributed by atoms with van der Waals surface area (Å²) in [6.07, 6.45) is 0.971. The summed E-state index contributed by atoms with van der Waals surface area (Å²) < 4.78 is 0. The third-order valence-corrected chi connectivity index (χ3v) is 1.57. The van der Waals surface area contributed by atoms with Crippen LogP contribution in [-0.4, -0.2) is 42.0 Å². The molecule has 1 N–H and O–H groups in total. The van der Waals surface area contributed by atoms with Crippen molar-refractivity contribution in [1.82, 2.24) is 5.32 Å². The van der Waals surface area contributed by atoms with E-state index in [-0.39, 0.29) is 35.5 Å². The zero-order chi connectivity index (χ0) is 8.81. The summed E-state index contributed by atoms with van der Waals surface area (Å²) >= 11 is 0. The molecule has 0 aliphatic heterocycles. The second kappa shape index (κ2) is 7.13. The second-order valence-corrected chi connectivity index (χ2v) is 2.62. The molecule has 0 heterocycles. The van der Waals surface area contributed by atoms with E-state index in [1.807, 2.05) is 37.3 Å². The quantitative estimate of drug-likeness (QED) is 0.711. The minimum absolute atomic E-state index is 0. The van der Waals surface area contributed by atoms with Gasteiger partial charge in [0, 0.05) is 41.7 Å². The number of hydrogen-bond donors (Lipinski definition) is 1. The van der Waals surface area contributed by atoms with Crippen molar-refractivity contribution in [3.63, 3.8) is 0 Å². The van der Waals surface area contributed by atoms with E-state index in [1.165, 1.54) is 0 Å². The molecule has 1 rings (SSSR count). The Bertz CT molecular complexity index is 248. The number of rotatable bonds is 3. The monoisotopic (exact) mass is 186 g/mol. The normalized spacial score (nSPS) is 8.69. The molecule has 0 bridgehead atoms. The maximum absolute atomic E-state index is 11.3. The van der Waals surface area contributed by atoms with Gasteiger partial charge in [0.25, 0.3) is 5.91 Å². The third kappa shape index (κ3) is 4.46. The summed E-state index contributed by atoms with van der Waals surface area (Å²) in [5.74, 6) is 0.0115. The smallest absolute Gasteiger partial charge is 0.251 e. The van der Waals surface area contributed by atoms with Crippen LogP contribution in [0.1, 0.15) is 23.7 Å². The van der Waals surface area contributed by atoms with Crippen LogP contribution in [0, 0.1) is 0 Å². The predicted molar refractivity (Wildman–Crippen MR) is 54.8 cm³/mol. The Labute approximate surface area is 101 Å². The van der Waals surface area contributed by atoms with Gasteiger partial charge in [0.2, 0.25) is 0 Å². The standard InChI is InChI=1S/C10H13NO.Na/c1-2-8-11-10(12)9-6-4-3-5-7-9;/h3-7H,2,8H2,1H3,(H,11,12);. The van der Waals surface area contributed by atoms with Crippen molar-refractivity contribution in [3.8, 4) is 0 Å². The minimum atomic E-state index is 0. The van der Waals surface area contributed by atoms with Crippen LogP contribution in [-0.2, 0) is 0 Å². The van der Waals surface area contributed by atoms with Crippen LogP contribution in [0.25, 0.3) is 0 Å². The molecule has 65 valence electrons. The number of hydrogen-bond acceptors (Lipinski definition) is 1. The Hall–Kier alpha value is -0.310. The average molecular weight is 186 g/mol. The van der Waals surface area contributed by atoms with Gasteiger partial charge in [-0.3, -0.25) is 4.79 Å². The van der Waals surface area contributed by atoms with Crippen molar-refractivity contribution < 1.29 is 4.79 Å². The zero-order valence-corrected chi connectivity index (χ0v) is 10.2. The van der Waals surface area contributed by atoms with Gasteiger partial charge in [-0.2, -0.15) is 0 Å². The molecule has 0 saturated heterocycles. The summed E-state index contributed by atoms with van der Waals surface area (Å²) in [6.45, 7) is 2.78. The van der Waals surface area contributed by atoms with Crippen LogP contribution >= 0.6 is 0 Å². The fourth-order valence-corrected chi connectivity index (χ4v) is 0.930. The Kier molecular flexibility index (Phi) is 6.96. The van der Waals surface area contributed by atoms with Gasteiger partial charge in [0.15, 0.2) is 0 Å². The Balaban J connectivity index is 0.00000144. The molecule has 0 aromatic heterocycles. The number of carbonyl (C=O) groups is 1. The van der Waals surface area contributed by atoms with Gasteiger partial charge < -0.3 is 5.32 Å². The van der Waals surface area contributed by atoms with Crippen molar-refractivity contribution in [3.05, 3.63) is 35.9 Å². The maximum Gasteiger partial charge on any atom is 0.251 e. The molecule has 13 heavy (non-hydrogen) atoms. The van der Waals surface area contributed by atoms with E-state index in [0.29, 0.717) is 0 Å². The van der Waals surface area contributed by atoms with Crippen molar-refractivity contribution >= 4 is 35.5 Å². The predicted octanol–water partition coefficient (Wildman–Crippen LogP) is 1.45. The average Bonchev–Trinajstić information content (AvgIpc) is 2.15. The summed E-state index contributed by atoms with van der Waals surface area (Å²) in [4.78, 5) is 11.3.